The van der Waals surface area contributed by atoms with Gasteiger partial charge in [-0.05, 0) is 37.1 Å². The van der Waals surface area contributed by atoms with Gasteiger partial charge in [0.25, 0.3) is 11.8 Å². The summed E-state index contributed by atoms with van der Waals surface area (Å²) < 4.78 is 16.7. The zero-order chi connectivity index (χ0) is 24.0. The standard InChI is InChI=1S/C23H20FN7O2S/c1-12-10-30(11-19-27-28-20(31(12)19)22-25-6-7-34-22)23(33)16-8-15(4-5-17(16)24)9-18-13(2)14(3)21(32)29-26-18/h4-8,12H,3,9-11H2,1-2H3. The molecule has 0 fully saturated rings. The summed E-state index contributed by atoms with van der Waals surface area (Å²) in [7, 11) is 0. The number of azo groups is 1. The third-order valence-electron chi connectivity index (χ3n) is 5.97. The fraction of sp³-hybridized carbons (Fsp3) is 0.261. The molecule has 2 aliphatic rings. The molecule has 34 heavy (non-hydrogen) atoms. The van der Waals surface area contributed by atoms with Crippen LogP contribution in [0, 0.1) is 5.82 Å². The molecule has 2 amide bonds. The van der Waals surface area contributed by atoms with Crippen molar-refractivity contribution in [3.8, 4) is 10.8 Å². The number of allylic oxidation sites excluding steroid dienone is 1. The van der Waals surface area contributed by atoms with Gasteiger partial charge in [0.2, 0.25) is 0 Å². The number of hydrogen-bond donors (Lipinski definition) is 0. The van der Waals surface area contributed by atoms with Crippen molar-refractivity contribution in [3.63, 3.8) is 0 Å². The lowest BCUT2D eigenvalue weighted by atomic mass is 9.99. The second-order valence-corrected chi connectivity index (χ2v) is 9.12. The third-order valence-corrected chi connectivity index (χ3v) is 6.74. The summed E-state index contributed by atoms with van der Waals surface area (Å²) in [5.74, 6) is -0.204. The molecule has 0 aliphatic carbocycles. The van der Waals surface area contributed by atoms with Crippen LogP contribution < -0.4 is 0 Å². The summed E-state index contributed by atoms with van der Waals surface area (Å²) >= 11 is 1.47. The first-order valence-corrected chi connectivity index (χ1v) is 11.5. The average Bonchev–Trinajstić information content (AvgIpc) is 3.50. The average molecular weight is 478 g/mol. The summed E-state index contributed by atoms with van der Waals surface area (Å²) in [5, 5.41) is 18.7. The maximum Gasteiger partial charge on any atom is 0.295 e. The minimum absolute atomic E-state index is 0.0290. The minimum atomic E-state index is -0.604. The number of fused-ring (bicyclic) bond motifs is 1. The highest BCUT2D eigenvalue weighted by Gasteiger charge is 2.32. The number of aromatic nitrogens is 4. The van der Waals surface area contributed by atoms with Gasteiger partial charge in [0.05, 0.1) is 23.8 Å². The first-order valence-electron chi connectivity index (χ1n) is 10.6. The summed E-state index contributed by atoms with van der Waals surface area (Å²) in [6, 6.07) is 4.29. The fourth-order valence-electron chi connectivity index (χ4n) is 4.12. The minimum Gasteiger partial charge on any atom is -0.329 e. The largest absolute Gasteiger partial charge is 0.329 e. The Bertz CT molecular complexity index is 1390. The molecule has 0 saturated carbocycles. The van der Waals surface area contributed by atoms with Gasteiger partial charge in [-0.3, -0.25) is 9.59 Å². The van der Waals surface area contributed by atoms with Crippen molar-refractivity contribution in [2.24, 2.45) is 10.2 Å². The molecule has 0 spiro atoms. The zero-order valence-corrected chi connectivity index (χ0v) is 19.3. The Morgan fingerprint density at radius 2 is 2.12 bits per heavy atom. The topological polar surface area (TPSA) is 106 Å². The van der Waals surface area contributed by atoms with E-state index in [1.54, 1.807) is 24.1 Å². The van der Waals surface area contributed by atoms with Crippen LogP contribution in [-0.2, 0) is 17.8 Å². The molecule has 0 radical (unpaired) electrons. The van der Waals surface area contributed by atoms with Crippen LogP contribution in [0.25, 0.3) is 10.8 Å². The van der Waals surface area contributed by atoms with Crippen molar-refractivity contribution in [3.05, 3.63) is 76.0 Å². The number of halogens is 1. The Labute approximate surface area is 198 Å². The number of amides is 2. The van der Waals surface area contributed by atoms with Gasteiger partial charge in [0, 0.05) is 30.1 Å². The number of hydrogen-bond acceptors (Lipinski definition) is 7. The van der Waals surface area contributed by atoms with E-state index >= 15 is 0 Å². The Morgan fingerprint density at radius 1 is 1.29 bits per heavy atom. The van der Waals surface area contributed by atoms with E-state index in [-0.39, 0.29) is 23.7 Å². The normalized spacial score (nSPS) is 18.0. The van der Waals surface area contributed by atoms with E-state index in [9.17, 15) is 14.0 Å². The quantitative estimate of drug-likeness (QED) is 0.526. The summed E-state index contributed by atoms with van der Waals surface area (Å²) in [4.78, 5) is 30.8. The van der Waals surface area contributed by atoms with Gasteiger partial charge in [-0.2, -0.15) is 5.11 Å². The maximum atomic E-state index is 14.7. The van der Waals surface area contributed by atoms with Crippen LogP contribution in [-0.4, -0.2) is 43.0 Å². The van der Waals surface area contributed by atoms with E-state index in [2.05, 4.69) is 32.0 Å². The predicted octanol–water partition coefficient (Wildman–Crippen LogP) is 4.12. The first-order chi connectivity index (χ1) is 16.3. The second-order valence-electron chi connectivity index (χ2n) is 8.23. The molecule has 0 saturated heterocycles. The van der Waals surface area contributed by atoms with Crippen LogP contribution in [0.1, 0.15) is 41.6 Å². The molecule has 3 aromatic rings. The van der Waals surface area contributed by atoms with Crippen LogP contribution in [0.3, 0.4) is 0 Å². The third kappa shape index (κ3) is 3.77. The lowest BCUT2D eigenvalue weighted by Crippen LogP contribution is -2.40. The molecule has 2 aromatic heterocycles. The van der Waals surface area contributed by atoms with Crippen LogP contribution in [0.4, 0.5) is 4.39 Å². The highest BCUT2D eigenvalue weighted by molar-refractivity contribution is 7.13. The molecule has 1 unspecified atom stereocenters. The van der Waals surface area contributed by atoms with Crippen molar-refractivity contribution in [2.45, 2.75) is 32.9 Å². The molecular formula is C23H20FN7O2S. The molecule has 0 bridgehead atoms. The molecule has 9 nitrogen and oxygen atoms in total. The summed E-state index contributed by atoms with van der Waals surface area (Å²) in [6.07, 6.45) is 2.00. The number of benzene rings is 1. The van der Waals surface area contributed by atoms with Crippen molar-refractivity contribution < 1.29 is 14.0 Å². The monoisotopic (exact) mass is 477 g/mol. The van der Waals surface area contributed by atoms with Gasteiger partial charge in [0.1, 0.15) is 5.82 Å². The van der Waals surface area contributed by atoms with Crippen LogP contribution in [0.5, 0.6) is 0 Å². The highest BCUT2D eigenvalue weighted by Crippen LogP contribution is 2.30. The van der Waals surface area contributed by atoms with E-state index in [0.29, 0.717) is 41.4 Å². The second kappa shape index (κ2) is 8.49. The van der Waals surface area contributed by atoms with Crippen molar-refractivity contribution in [1.29, 1.82) is 0 Å². The maximum absolute atomic E-state index is 14.7. The van der Waals surface area contributed by atoms with Gasteiger partial charge in [-0.25, -0.2) is 9.37 Å². The molecular weight excluding hydrogens is 457 g/mol. The van der Waals surface area contributed by atoms with Gasteiger partial charge in [-0.1, -0.05) is 12.6 Å². The molecule has 1 aromatic carbocycles. The van der Waals surface area contributed by atoms with Gasteiger partial charge >= 0.3 is 0 Å². The van der Waals surface area contributed by atoms with Gasteiger partial charge in [0.15, 0.2) is 16.7 Å². The summed E-state index contributed by atoms with van der Waals surface area (Å²) in [6.45, 7) is 8.04. The van der Waals surface area contributed by atoms with Gasteiger partial charge in [-0.15, -0.1) is 26.6 Å². The SMILES string of the molecule is C=C1C(=O)N=NC(Cc2ccc(F)c(C(=O)N3Cc4nnc(-c5nccs5)n4C(C)C3)c2)=C1C. The summed E-state index contributed by atoms with van der Waals surface area (Å²) in [5.41, 5.74) is 2.13. The molecule has 1 atom stereocenters. The van der Waals surface area contributed by atoms with E-state index in [1.165, 1.54) is 23.5 Å². The van der Waals surface area contributed by atoms with Crippen LogP contribution >= 0.6 is 11.3 Å². The number of nitrogens with zero attached hydrogens (tertiary/aromatic N) is 7. The van der Waals surface area contributed by atoms with E-state index in [4.69, 9.17) is 0 Å². The Balaban J connectivity index is 1.40. The van der Waals surface area contributed by atoms with Crippen molar-refractivity contribution in [2.75, 3.05) is 6.54 Å². The number of carbonyl (C=O) groups excluding carboxylic acids is 2. The predicted molar refractivity (Wildman–Crippen MR) is 122 cm³/mol. The molecule has 172 valence electrons. The van der Waals surface area contributed by atoms with Crippen molar-refractivity contribution in [1.82, 2.24) is 24.6 Å². The molecule has 2 aliphatic heterocycles. The lowest BCUT2D eigenvalue weighted by molar-refractivity contribution is -0.114. The fourth-order valence-corrected chi connectivity index (χ4v) is 4.74. The van der Waals surface area contributed by atoms with E-state index in [0.717, 1.165) is 5.01 Å². The number of rotatable bonds is 4. The number of thiazole rings is 1. The zero-order valence-electron chi connectivity index (χ0n) is 18.5. The van der Waals surface area contributed by atoms with E-state index < -0.39 is 17.6 Å². The Morgan fingerprint density at radius 3 is 2.88 bits per heavy atom. The molecule has 11 heteroatoms. The Kier molecular flexibility index (Phi) is 5.48. The Hall–Kier alpha value is -3.86. The van der Waals surface area contributed by atoms with E-state index in [1.807, 2.05) is 16.9 Å². The lowest BCUT2D eigenvalue weighted by Gasteiger charge is -2.32. The highest BCUT2D eigenvalue weighted by atomic mass is 32.1. The first kappa shape index (κ1) is 22.0. The van der Waals surface area contributed by atoms with Gasteiger partial charge < -0.3 is 9.47 Å². The molecule has 5 rings (SSSR count). The van der Waals surface area contributed by atoms with Crippen molar-refractivity contribution >= 4 is 23.2 Å². The smallest absolute Gasteiger partial charge is 0.295 e. The molecule has 0 N–H and O–H groups in total. The molecule has 4 heterocycles. The number of carbonyl (C=O) groups is 2. The van der Waals surface area contributed by atoms with Crippen LogP contribution in [0.2, 0.25) is 0 Å². The van der Waals surface area contributed by atoms with Crippen LogP contribution in [0.15, 0.2) is 63.4 Å².